The predicted molar refractivity (Wildman–Crippen MR) is 123 cm³/mol. The average molecular weight is 475 g/mol. The van der Waals surface area contributed by atoms with Crippen LogP contribution < -0.4 is 5.32 Å². The van der Waals surface area contributed by atoms with Crippen molar-refractivity contribution in [3.05, 3.63) is 41.3 Å². The Bertz CT molecular complexity index is 1030. The van der Waals surface area contributed by atoms with Crippen LogP contribution in [0.25, 0.3) is 6.08 Å². The molecule has 1 saturated carbocycles. The lowest BCUT2D eigenvalue weighted by Gasteiger charge is -2.33. The summed E-state index contributed by atoms with van der Waals surface area (Å²) < 4.78 is 26.5. The van der Waals surface area contributed by atoms with Gasteiger partial charge in [-0.15, -0.1) is 0 Å². The highest BCUT2D eigenvalue weighted by molar-refractivity contribution is 7.92. The quantitative estimate of drug-likeness (QED) is 0.606. The molecular weight excluding hydrogens is 444 g/mol. The van der Waals surface area contributed by atoms with Crippen LogP contribution in [0.1, 0.15) is 44.1 Å². The first-order chi connectivity index (χ1) is 15.8. The number of carbonyl (C=O) groups excluding carboxylic acids is 3. The predicted octanol–water partition coefficient (Wildman–Crippen LogP) is 1.78. The number of nitrogens with zero attached hydrogens (tertiary/aromatic N) is 3. The Hall–Kier alpha value is -2.72. The molecule has 33 heavy (non-hydrogen) atoms. The van der Waals surface area contributed by atoms with Gasteiger partial charge in [0.25, 0.3) is 5.91 Å². The topological polar surface area (TPSA) is 107 Å². The fourth-order valence-corrected chi connectivity index (χ4v) is 5.92. The number of amides is 4. The molecule has 2 aliphatic heterocycles. The number of imide groups is 1. The fraction of sp³-hybridized carbons (Fsp3) is 0.522. The largest absolute Gasteiger partial charge is 0.340 e. The van der Waals surface area contributed by atoms with Crippen molar-refractivity contribution in [3.8, 4) is 0 Å². The minimum absolute atomic E-state index is 0.0884. The van der Waals surface area contributed by atoms with Gasteiger partial charge in [0.1, 0.15) is 5.54 Å². The normalized spacial score (nSPS) is 21.3. The minimum atomic E-state index is -3.56. The number of nitrogens with one attached hydrogen (secondary N) is 1. The molecule has 4 amide bonds. The third kappa shape index (κ3) is 5.11. The number of carbonyl (C=O) groups is 3. The lowest BCUT2D eigenvalue weighted by molar-refractivity contribution is -0.134. The third-order valence-electron chi connectivity index (χ3n) is 6.66. The first-order valence-corrected chi connectivity index (χ1v) is 13.0. The van der Waals surface area contributed by atoms with Crippen molar-refractivity contribution in [1.29, 1.82) is 0 Å². The van der Waals surface area contributed by atoms with Crippen molar-refractivity contribution in [1.82, 2.24) is 19.4 Å². The maximum Gasteiger partial charge on any atom is 0.325 e. The van der Waals surface area contributed by atoms with Gasteiger partial charge < -0.3 is 10.2 Å². The molecule has 1 aromatic rings. The second kappa shape index (κ2) is 9.64. The summed E-state index contributed by atoms with van der Waals surface area (Å²) in [5.41, 5.74) is 0.0802. The van der Waals surface area contributed by atoms with Crippen LogP contribution in [0.3, 0.4) is 0 Å². The zero-order valence-electron chi connectivity index (χ0n) is 18.6. The summed E-state index contributed by atoms with van der Waals surface area (Å²) in [6.07, 6.45) is 5.40. The Morgan fingerprint density at radius 3 is 2.36 bits per heavy atom. The van der Waals surface area contributed by atoms with E-state index in [9.17, 15) is 22.8 Å². The van der Waals surface area contributed by atoms with E-state index in [-0.39, 0.29) is 43.9 Å². The number of hydrogen-bond acceptors (Lipinski definition) is 5. The zero-order chi connectivity index (χ0) is 23.5. The Morgan fingerprint density at radius 2 is 1.70 bits per heavy atom. The van der Waals surface area contributed by atoms with Crippen molar-refractivity contribution >= 4 is 33.9 Å². The van der Waals surface area contributed by atoms with Gasteiger partial charge in [-0.2, -0.15) is 4.31 Å². The molecule has 0 aromatic heterocycles. The fourth-order valence-electron chi connectivity index (χ4n) is 4.75. The van der Waals surface area contributed by atoms with Crippen LogP contribution in [0, 0.1) is 0 Å². The van der Waals surface area contributed by atoms with Gasteiger partial charge in [0.05, 0.1) is 0 Å². The summed E-state index contributed by atoms with van der Waals surface area (Å²) in [7, 11) is -3.56. The summed E-state index contributed by atoms with van der Waals surface area (Å²) in [5, 5.41) is 4.05. The van der Waals surface area contributed by atoms with Crippen LogP contribution in [0.4, 0.5) is 4.79 Å². The molecule has 2 saturated heterocycles. The SMILES string of the molecule is O=C(CCCN1C(=O)NC2(CCCC2)C1=O)N1CCN(S(=O)(=O)C=Cc2ccccc2)CC1. The molecule has 0 bridgehead atoms. The monoisotopic (exact) mass is 474 g/mol. The van der Waals surface area contributed by atoms with E-state index in [1.165, 1.54) is 14.6 Å². The second-order valence-corrected chi connectivity index (χ2v) is 10.6. The molecule has 0 unspecified atom stereocenters. The molecule has 0 radical (unpaired) electrons. The van der Waals surface area contributed by atoms with E-state index < -0.39 is 15.6 Å². The molecule has 10 heteroatoms. The molecule has 178 valence electrons. The van der Waals surface area contributed by atoms with E-state index in [1.54, 1.807) is 11.0 Å². The van der Waals surface area contributed by atoms with Crippen LogP contribution in [-0.4, -0.2) is 78.6 Å². The van der Waals surface area contributed by atoms with Crippen LogP contribution in [0.2, 0.25) is 0 Å². The number of hydrogen-bond donors (Lipinski definition) is 1. The molecular formula is C23H30N4O5S. The van der Waals surface area contributed by atoms with Gasteiger partial charge in [-0.25, -0.2) is 13.2 Å². The molecule has 3 fully saturated rings. The smallest absolute Gasteiger partial charge is 0.325 e. The van der Waals surface area contributed by atoms with Crippen molar-refractivity contribution in [3.63, 3.8) is 0 Å². The van der Waals surface area contributed by atoms with Crippen LogP contribution in [0.15, 0.2) is 35.7 Å². The van der Waals surface area contributed by atoms with Crippen LogP contribution >= 0.6 is 0 Å². The third-order valence-corrected chi connectivity index (χ3v) is 8.22. The number of rotatable bonds is 7. The molecule has 4 rings (SSSR count). The van der Waals surface area contributed by atoms with E-state index >= 15 is 0 Å². The lowest BCUT2D eigenvalue weighted by atomic mass is 9.98. The van der Waals surface area contributed by atoms with Gasteiger partial charge in [0, 0.05) is 44.6 Å². The maximum absolute atomic E-state index is 12.7. The first kappa shape index (κ1) is 23.4. The minimum Gasteiger partial charge on any atom is -0.340 e. The lowest BCUT2D eigenvalue weighted by Crippen LogP contribution is -2.50. The van der Waals surface area contributed by atoms with E-state index in [0.717, 1.165) is 18.4 Å². The van der Waals surface area contributed by atoms with Gasteiger partial charge >= 0.3 is 6.03 Å². The molecule has 9 nitrogen and oxygen atoms in total. The molecule has 0 atom stereocenters. The van der Waals surface area contributed by atoms with E-state index in [2.05, 4.69) is 5.32 Å². The zero-order valence-corrected chi connectivity index (χ0v) is 19.4. The Kier molecular flexibility index (Phi) is 6.85. The standard InChI is InChI=1S/C23H30N4O5S/c28-20(9-6-13-27-21(29)23(24-22(27)30)11-4-5-12-23)25-14-16-26(17-15-25)33(31,32)18-10-19-7-2-1-3-8-19/h1-3,7-8,10,18H,4-6,9,11-17H2,(H,24,30). The summed E-state index contributed by atoms with van der Waals surface area (Å²) in [6.45, 7) is 1.34. The molecule has 3 aliphatic rings. The highest BCUT2D eigenvalue weighted by Crippen LogP contribution is 2.35. The van der Waals surface area contributed by atoms with Gasteiger partial charge in [-0.3, -0.25) is 14.5 Å². The molecule has 1 N–H and O–H groups in total. The van der Waals surface area contributed by atoms with Gasteiger partial charge in [-0.1, -0.05) is 43.2 Å². The Labute approximate surface area is 194 Å². The number of benzene rings is 1. The van der Waals surface area contributed by atoms with Gasteiger partial charge in [0.2, 0.25) is 15.9 Å². The Balaban J connectivity index is 1.22. The average Bonchev–Trinajstić information content (AvgIpc) is 3.38. The van der Waals surface area contributed by atoms with E-state index in [4.69, 9.17) is 0 Å². The Morgan fingerprint density at radius 1 is 1.03 bits per heavy atom. The molecule has 1 spiro atoms. The maximum atomic E-state index is 12.7. The van der Waals surface area contributed by atoms with Gasteiger partial charge in [-0.05, 0) is 30.9 Å². The van der Waals surface area contributed by atoms with Crippen molar-refractivity contribution in [2.45, 2.75) is 44.1 Å². The molecule has 2 heterocycles. The number of urea groups is 1. The highest BCUT2D eigenvalue weighted by atomic mass is 32.2. The van der Waals surface area contributed by atoms with E-state index in [1.807, 2.05) is 30.3 Å². The van der Waals surface area contributed by atoms with Crippen molar-refractivity contribution < 1.29 is 22.8 Å². The van der Waals surface area contributed by atoms with Crippen LogP contribution in [0.5, 0.6) is 0 Å². The van der Waals surface area contributed by atoms with Crippen molar-refractivity contribution in [2.24, 2.45) is 0 Å². The summed E-state index contributed by atoms with van der Waals surface area (Å²) in [6, 6.07) is 8.85. The first-order valence-electron chi connectivity index (χ1n) is 11.5. The van der Waals surface area contributed by atoms with Gasteiger partial charge in [0.15, 0.2) is 0 Å². The summed E-state index contributed by atoms with van der Waals surface area (Å²) >= 11 is 0. The van der Waals surface area contributed by atoms with Crippen molar-refractivity contribution in [2.75, 3.05) is 32.7 Å². The summed E-state index contributed by atoms with van der Waals surface area (Å²) in [4.78, 5) is 40.4. The molecule has 1 aromatic carbocycles. The van der Waals surface area contributed by atoms with E-state index in [0.29, 0.717) is 32.4 Å². The highest BCUT2D eigenvalue weighted by Gasteiger charge is 2.52. The number of sulfonamides is 1. The summed E-state index contributed by atoms with van der Waals surface area (Å²) in [5.74, 6) is -0.255. The number of piperazine rings is 1. The molecule has 1 aliphatic carbocycles. The second-order valence-electron chi connectivity index (χ2n) is 8.82. The van der Waals surface area contributed by atoms with Crippen LogP contribution in [-0.2, 0) is 19.6 Å².